The van der Waals surface area contributed by atoms with Crippen LogP contribution in [-0.2, 0) is 9.53 Å². The minimum absolute atomic E-state index is 0.0989. The molecule has 0 saturated heterocycles. The molecule has 2 N–H and O–H groups in total. The van der Waals surface area contributed by atoms with Gasteiger partial charge in [-0.05, 0) is 28.2 Å². The zero-order valence-corrected chi connectivity index (χ0v) is 17.7. The molecule has 0 spiro atoms. The minimum atomic E-state index is -0.446. The molecular formula is C25H27N3O2. The Labute approximate surface area is 177 Å². The fourth-order valence-corrected chi connectivity index (χ4v) is 4.83. The third kappa shape index (κ3) is 3.28. The van der Waals surface area contributed by atoms with Crippen molar-refractivity contribution in [2.24, 2.45) is 11.1 Å². The summed E-state index contributed by atoms with van der Waals surface area (Å²) in [5, 5.41) is 12.2. The SMILES string of the molecule is COCCN1C(N)=C(C#N)[C@H](c2cccc3ccccc23)C2=C1CC(C)(C)CC2=O. The number of rotatable bonds is 4. The predicted molar refractivity (Wildman–Crippen MR) is 117 cm³/mol. The Bertz CT molecular complexity index is 1120. The molecule has 0 radical (unpaired) electrons. The first kappa shape index (κ1) is 20.2. The summed E-state index contributed by atoms with van der Waals surface area (Å²) in [5.41, 5.74) is 9.46. The van der Waals surface area contributed by atoms with Crippen LogP contribution < -0.4 is 5.73 Å². The quantitative estimate of drug-likeness (QED) is 0.830. The molecule has 0 bridgehead atoms. The van der Waals surface area contributed by atoms with E-state index in [0.29, 0.717) is 36.5 Å². The van der Waals surface area contributed by atoms with Crippen molar-refractivity contribution in [3.05, 3.63) is 70.7 Å². The molecule has 0 fully saturated rings. The van der Waals surface area contributed by atoms with E-state index in [9.17, 15) is 10.1 Å². The number of fused-ring (bicyclic) bond motifs is 1. The molecule has 2 aliphatic rings. The highest BCUT2D eigenvalue weighted by Crippen LogP contribution is 2.49. The molecule has 1 aliphatic heterocycles. The number of ketones is 1. The van der Waals surface area contributed by atoms with Crippen LogP contribution in [0.2, 0.25) is 0 Å². The largest absolute Gasteiger partial charge is 0.384 e. The normalized spacial score (nSPS) is 21.1. The standard InChI is InChI=1S/C25H27N3O2/c1-25(2)13-20-23(21(29)14-25)22(19(15-26)24(27)28(20)11-12-30-3)18-10-6-8-16-7-4-5-9-17(16)18/h4-10,22H,11-14,27H2,1-3H3/t22-/m0/s1. The molecule has 0 aromatic heterocycles. The highest BCUT2D eigenvalue weighted by Gasteiger charge is 2.44. The Hall–Kier alpha value is -3.10. The molecule has 2 aromatic rings. The van der Waals surface area contributed by atoms with Gasteiger partial charge >= 0.3 is 0 Å². The maximum absolute atomic E-state index is 13.5. The van der Waals surface area contributed by atoms with Gasteiger partial charge in [0.25, 0.3) is 0 Å². The number of hydrogen-bond acceptors (Lipinski definition) is 5. The maximum atomic E-state index is 13.5. The van der Waals surface area contributed by atoms with Crippen molar-refractivity contribution >= 4 is 16.6 Å². The van der Waals surface area contributed by atoms with Crippen molar-refractivity contribution in [1.82, 2.24) is 4.90 Å². The zero-order valence-electron chi connectivity index (χ0n) is 17.7. The molecular weight excluding hydrogens is 374 g/mol. The average molecular weight is 402 g/mol. The number of benzene rings is 2. The predicted octanol–water partition coefficient (Wildman–Crippen LogP) is 4.22. The van der Waals surface area contributed by atoms with Crippen molar-refractivity contribution < 1.29 is 9.53 Å². The number of carbonyl (C=O) groups is 1. The molecule has 0 amide bonds. The zero-order chi connectivity index (χ0) is 21.5. The fourth-order valence-electron chi connectivity index (χ4n) is 4.83. The number of allylic oxidation sites excluding steroid dienone is 3. The molecule has 30 heavy (non-hydrogen) atoms. The van der Waals surface area contributed by atoms with Crippen LogP contribution in [0.1, 0.15) is 38.2 Å². The van der Waals surface area contributed by atoms with Gasteiger partial charge in [-0.15, -0.1) is 0 Å². The number of Topliss-reactive ketones (excluding diaryl/α,β-unsaturated/α-hetero) is 1. The van der Waals surface area contributed by atoms with Gasteiger partial charge in [-0.3, -0.25) is 4.79 Å². The molecule has 4 rings (SSSR count). The van der Waals surface area contributed by atoms with Crippen LogP contribution in [-0.4, -0.2) is 30.9 Å². The lowest BCUT2D eigenvalue weighted by Gasteiger charge is -2.44. The van der Waals surface area contributed by atoms with Gasteiger partial charge in [0.05, 0.1) is 24.2 Å². The Morgan fingerprint density at radius 1 is 1.20 bits per heavy atom. The van der Waals surface area contributed by atoms with Gasteiger partial charge in [0.2, 0.25) is 0 Å². The summed E-state index contributed by atoms with van der Waals surface area (Å²) in [5.74, 6) is 0.0806. The third-order valence-corrected chi connectivity index (χ3v) is 6.14. The van der Waals surface area contributed by atoms with E-state index in [2.05, 4.69) is 19.9 Å². The van der Waals surface area contributed by atoms with Crippen molar-refractivity contribution in [2.45, 2.75) is 32.6 Å². The Balaban J connectivity index is 1.99. The summed E-state index contributed by atoms with van der Waals surface area (Å²) in [6, 6.07) is 16.5. The molecule has 154 valence electrons. The van der Waals surface area contributed by atoms with E-state index in [0.717, 1.165) is 28.5 Å². The van der Waals surface area contributed by atoms with E-state index in [1.54, 1.807) is 7.11 Å². The molecule has 0 unspecified atom stereocenters. The van der Waals surface area contributed by atoms with Gasteiger partial charge in [0.15, 0.2) is 5.78 Å². The summed E-state index contributed by atoms with van der Waals surface area (Å²) in [6.45, 7) is 5.19. The van der Waals surface area contributed by atoms with Crippen molar-refractivity contribution in [2.75, 3.05) is 20.3 Å². The lowest BCUT2D eigenvalue weighted by molar-refractivity contribution is -0.118. The minimum Gasteiger partial charge on any atom is -0.384 e. The van der Waals surface area contributed by atoms with Crippen LogP contribution in [0, 0.1) is 16.7 Å². The fraction of sp³-hybridized carbons (Fsp3) is 0.360. The highest BCUT2D eigenvalue weighted by molar-refractivity contribution is 6.01. The summed E-state index contributed by atoms with van der Waals surface area (Å²) in [6.07, 6.45) is 1.20. The molecule has 1 heterocycles. The smallest absolute Gasteiger partial charge is 0.162 e. The first-order chi connectivity index (χ1) is 14.4. The number of nitrogens with two attached hydrogens (primary N) is 1. The Morgan fingerprint density at radius 3 is 2.67 bits per heavy atom. The van der Waals surface area contributed by atoms with E-state index in [1.165, 1.54) is 0 Å². The van der Waals surface area contributed by atoms with Gasteiger partial charge in [-0.1, -0.05) is 56.3 Å². The second kappa shape index (κ2) is 7.62. The van der Waals surface area contributed by atoms with E-state index in [-0.39, 0.29) is 11.2 Å². The number of carbonyl (C=O) groups excluding carboxylic acids is 1. The maximum Gasteiger partial charge on any atom is 0.162 e. The second-order valence-electron chi connectivity index (χ2n) is 8.86. The molecule has 2 aromatic carbocycles. The Kier molecular flexibility index (Phi) is 5.13. The number of nitriles is 1. The van der Waals surface area contributed by atoms with Gasteiger partial charge in [0.1, 0.15) is 5.82 Å². The topological polar surface area (TPSA) is 79.3 Å². The molecule has 0 saturated carbocycles. The van der Waals surface area contributed by atoms with Crippen molar-refractivity contribution in [1.29, 1.82) is 5.26 Å². The summed E-state index contributed by atoms with van der Waals surface area (Å²) in [4.78, 5) is 15.4. The van der Waals surface area contributed by atoms with Gasteiger partial charge in [-0.2, -0.15) is 5.26 Å². The van der Waals surface area contributed by atoms with Gasteiger partial charge < -0.3 is 15.4 Å². The lowest BCUT2D eigenvalue weighted by atomic mass is 9.68. The lowest BCUT2D eigenvalue weighted by Crippen LogP contribution is -2.43. The number of methoxy groups -OCH3 is 1. The number of ether oxygens (including phenoxy) is 1. The van der Waals surface area contributed by atoms with E-state index in [1.807, 2.05) is 47.4 Å². The number of nitrogens with zero attached hydrogens (tertiary/aromatic N) is 2. The molecule has 1 atom stereocenters. The summed E-state index contributed by atoms with van der Waals surface area (Å²) in [7, 11) is 1.64. The molecule has 5 nitrogen and oxygen atoms in total. The van der Waals surface area contributed by atoms with E-state index in [4.69, 9.17) is 10.5 Å². The molecule has 5 heteroatoms. The van der Waals surface area contributed by atoms with Gasteiger partial charge in [-0.25, -0.2) is 0 Å². The average Bonchev–Trinajstić information content (AvgIpc) is 2.71. The van der Waals surface area contributed by atoms with E-state index >= 15 is 0 Å². The summed E-state index contributed by atoms with van der Waals surface area (Å²) < 4.78 is 5.28. The van der Waals surface area contributed by atoms with Crippen LogP contribution in [0.25, 0.3) is 10.8 Å². The third-order valence-electron chi connectivity index (χ3n) is 6.14. The van der Waals surface area contributed by atoms with Crippen LogP contribution in [0.4, 0.5) is 0 Å². The van der Waals surface area contributed by atoms with Crippen LogP contribution in [0.15, 0.2) is 65.1 Å². The van der Waals surface area contributed by atoms with Crippen LogP contribution in [0.3, 0.4) is 0 Å². The second-order valence-corrected chi connectivity index (χ2v) is 8.86. The van der Waals surface area contributed by atoms with Crippen molar-refractivity contribution in [3.63, 3.8) is 0 Å². The highest BCUT2D eigenvalue weighted by atomic mass is 16.5. The monoisotopic (exact) mass is 401 g/mol. The first-order valence-electron chi connectivity index (χ1n) is 10.3. The van der Waals surface area contributed by atoms with E-state index < -0.39 is 5.92 Å². The van der Waals surface area contributed by atoms with Crippen molar-refractivity contribution in [3.8, 4) is 6.07 Å². The number of hydrogen-bond donors (Lipinski definition) is 1. The molecule has 1 aliphatic carbocycles. The van der Waals surface area contributed by atoms with Crippen LogP contribution in [0.5, 0.6) is 0 Å². The van der Waals surface area contributed by atoms with Gasteiger partial charge in [0, 0.05) is 31.3 Å². The Morgan fingerprint density at radius 2 is 1.93 bits per heavy atom. The first-order valence-corrected chi connectivity index (χ1v) is 10.3. The summed E-state index contributed by atoms with van der Waals surface area (Å²) >= 11 is 0. The van der Waals surface area contributed by atoms with Crippen LogP contribution >= 0.6 is 0 Å².